The van der Waals surface area contributed by atoms with E-state index in [9.17, 15) is 0 Å². The molecule has 0 saturated carbocycles. The third-order valence-corrected chi connectivity index (χ3v) is 3.73. The lowest BCUT2D eigenvalue weighted by molar-refractivity contribution is 0.507. The normalized spacial score (nSPS) is 12.4. The van der Waals surface area contributed by atoms with Crippen LogP contribution in [0.3, 0.4) is 0 Å². The van der Waals surface area contributed by atoms with E-state index in [2.05, 4.69) is 46.1 Å². The monoisotopic (exact) mass is 322 g/mol. The van der Waals surface area contributed by atoms with E-state index in [0.29, 0.717) is 0 Å². The predicted octanol–water partition coefficient (Wildman–Crippen LogP) is 3.57. The van der Waals surface area contributed by atoms with Gasteiger partial charge in [0.1, 0.15) is 5.76 Å². The second-order valence-corrected chi connectivity index (χ2v) is 5.75. The van der Waals surface area contributed by atoms with Crippen LogP contribution in [0.25, 0.3) is 0 Å². The quantitative estimate of drug-likeness (QED) is 0.915. The van der Waals surface area contributed by atoms with Crippen LogP contribution >= 0.6 is 15.9 Å². The molecule has 0 aliphatic heterocycles. The molecule has 102 valence electrons. The number of anilines is 1. The molecule has 2 rings (SSSR count). The number of halogens is 1. The fourth-order valence-corrected chi connectivity index (χ4v) is 2.54. The molecule has 0 aliphatic rings. The molecule has 0 aliphatic carbocycles. The predicted molar refractivity (Wildman–Crippen MR) is 82.3 cm³/mol. The van der Waals surface area contributed by atoms with Crippen molar-refractivity contribution in [2.24, 2.45) is 5.73 Å². The second kappa shape index (κ2) is 6.26. The molecule has 0 fully saturated rings. The van der Waals surface area contributed by atoms with Gasteiger partial charge in [-0.05, 0) is 43.2 Å². The molecule has 0 spiro atoms. The summed E-state index contributed by atoms with van der Waals surface area (Å²) < 4.78 is 6.47. The highest BCUT2D eigenvalue weighted by Gasteiger charge is 2.08. The first-order chi connectivity index (χ1) is 9.06. The third-order valence-electron chi connectivity index (χ3n) is 2.99. The minimum absolute atomic E-state index is 0.169. The number of hydrogen-bond donors (Lipinski definition) is 1. The Bertz CT molecular complexity index is 523. The molecule has 4 heteroatoms. The number of hydrogen-bond acceptors (Lipinski definition) is 3. The maximum Gasteiger partial charge on any atom is 0.123 e. The zero-order valence-corrected chi connectivity index (χ0v) is 12.9. The Labute approximate surface area is 122 Å². The van der Waals surface area contributed by atoms with Gasteiger partial charge in [-0.15, -0.1) is 0 Å². The van der Waals surface area contributed by atoms with E-state index in [0.717, 1.165) is 28.9 Å². The minimum Gasteiger partial charge on any atom is -0.467 e. The van der Waals surface area contributed by atoms with E-state index in [-0.39, 0.29) is 6.04 Å². The SMILES string of the molecule is CC(N)Cc1ccc(N(C)Cc2ccco2)cc1Br. The van der Waals surface area contributed by atoms with Gasteiger partial charge in [0.15, 0.2) is 0 Å². The van der Waals surface area contributed by atoms with E-state index >= 15 is 0 Å². The molecular formula is C15H19BrN2O. The highest BCUT2D eigenvalue weighted by molar-refractivity contribution is 9.10. The van der Waals surface area contributed by atoms with Gasteiger partial charge in [0.05, 0.1) is 12.8 Å². The van der Waals surface area contributed by atoms with Crippen LogP contribution in [0, 0.1) is 0 Å². The molecule has 0 saturated heterocycles. The number of benzene rings is 1. The van der Waals surface area contributed by atoms with Crippen LogP contribution in [0.4, 0.5) is 5.69 Å². The molecule has 3 nitrogen and oxygen atoms in total. The van der Waals surface area contributed by atoms with Crippen molar-refractivity contribution in [3.8, 4) is 0 Å². The van der Waals surface area contributed by atoms with Crippen molar-refractivity contribution in [2.45, 2.75) is 25.9 Å². The smallest absolute Gasteiger partial charge is 0.123 e. The van der Waals surface area contributed by atoms with Gasteiger partial charge in [0.2, 0.25) is 0 Å². The standard InChI is InChI=1S/C15H19BrN2O/c1-11(17)8-12-5-6-13(9-15(12)16)18(2)10-14-4-3-7-19-14/h3-7,9,11H,8,10,17H2,1-2H3. The summed E-state index contributed by atoms with van der Waals surface area (Å²) in [5.41, 5.74) is 8.23. The summed E-state index contributed by atoms with van der Waals surface area (Å²) in [4.78, 5) is 2.15. The van der Waals surface area contributed by atoms with Crippen LogP contribution in [0.5, 0.6) is 0 Å². The van der Waals surface area contributed by atoms with Gasteiger partial charge < -0.3 is 15.1 Å². The highest BCUT2D eigenvalue weighted by Crippen LogP contribution is 2.25. The summed E-state index contributed by atoms with van der Waals surface area (Å²) in [6.45, 7) is 2.77. The van der Waals surface area contributed by atoms with Crippen molar-refractivity contribution >= 4 is 21.6 Å². The summed E-state index contributed by atoms with van der Waals surface area (Å²) in [5, 5.41) is 0. The van der Waals surface area contributed by atoms with Crippen molar-refractivity contribution in [2.75, 3.05) is 11.9 Å². The van der Waals surface area contributed by atoms with Crippen molar-refractivity contribution in [3.63, 3.8) is 0 Å². The van der Waals surface area contributed by atoms with E-state index in [4.69, 9.17) is 10.2 Å². The van der Waals surface area contributed by atoms with Crippen LogP contribution in [-0.2, 0) is 13.0 Å². The maximum atomic E-state index is 5.84. The summed E-state index contributed by atoms with van der Waals surface area (Å²) in [6.07, 6.45) is 2.58. The number of nitrogens with two attached hydrogens (primary N) is 1. The molecule has 1 aromatic carbocycles. The van der Waals surface area contributed by atoms with Crippen molar-refractivity contribution < 1.29 is 4.42 Å². The molecular weight excluding hydrogens is 304 g/mol. The molecule has 0 bridgehead atoms. The Morgan fingerprint density at radius 2 is 2.16 bits per heavy atom. The lowest BCUT2D eigenvalue weighted by Crippen LogP contribution is -2.19. The maximum absolute atomic E-state index is 5.84. The average Bonchev–Trinajstić information content (AvgIpc) is 2.84. The van der Waals surface area contributed by atoms with Gasteiger partial charge >= 0.3 is 0 Å². The molecule has 2 N–H and O–H groups in total. The number of nitrogens with zero attached hydrogens (tertiary/aromatic N) is 1. The van der Waals surface area contributed by atoms with Gasteiger partial charge in [0.25, 0.3) is 0 Å². The van der Waals surface area contributed by atoms with E-state index in [1.54, 1.807) is 6.26 Å². The van der Waals surface area contributed by atoms with Crippen LogP contribution in [0.15, 0.2) is 45.5 Å². The summed E-state index contributed by atoms with van der Waals surface area (Å²) in [6, 6.07) is 10.4. The molecule has 0 amide bonds. The van der Waals surface area contributed by atoms with Crippen molar-refractivity contribution in [3.05, 3.63) is 52.4 Å². The summed E-state index contributed by atoms with van der Waals surface area (Å²) >= 11 is 3.62. The first kappa shape index (κ1) is 14.2. The minimum atomic E-state index is 0.169. The van der Waals surface area contributed by atoms with Crippen LogP contribution < -0.4 is 10.6 Å². The molecule has 1 heterocycles. The van der Waals surface area contributed by atoms with E-state index in [1.165, 1.54) is 5.56 Å². The molecule has 2 aromatic rings. The van der Waals surface area contributed by atoms with Gasteiger partial charge in [-0.3, -0.25) is 0 Å². The topological polar surface area (TPSA) is 42.4 Å². The second-order valence-electron chi connectivity index (χ2n) is 4.89. The molecule has 19 heavy (non-hydrogen) atoms. The third kappa shape index (κ3) is 3.85. The molecule has 1 atom stereocenters. The fraction of sp³-hybridized carbons (Fsp3) is 0.333. The van der Waals surface area contributed by atoms with Crippen LogP contribution in [0.1, 0.15) is 18.2 Å². The van der Waals surface area contributed by atoms with Crippen molar-refractivity contribution in [1.29, 1.82) is 0 Å². The zero-order chi connectivity index (χ0) is 13.8. The Balaban J connectivity index is 2.10. The molecule has 0 radical (unpaired) electrons. The Morgan fingerprint density at radius 3 is 2.74 bits per heavy atom. The summed E-state index contributed by atoms with van der Waals surface area (Å²) in [7, 11) is 2.05. The largest absolute Gasteiger partial charge is 0.467 e. The van der Waals surface area contributed by atoms with E-state index < -0.39 is 0 Å². The van der Waals surface area contributed by atoms with Crippen LogP contribution in [-0.4, -0.2) is 13.1 Å². The zero-order valence-electron chi connectivity index (χ0n) is 11.3. The lowest BCUT2D eigenvalue weighted by Gasteiger charge is -2.19. The van der Waals surface area contributed by atoms with Gasteiger partial charge in [0, 0.05) is 23.2 Å². The Hall–Kier alpha value is -1.26. The fourth-order valence-electron chi connectivity index (χ4n) is 2.01. The Morgan fingerprint density at radius 1 is 1.37 bits per heavy atom. The van der Waals surface area contributed by atoms with Crippen molar-refractivity contribution in [1.82, 2.24) is 0 Å². The van der Waals surface area contributed by atoms with Gasteiger partial charge in [-0.25, -0.2) is 0 Å². The number of furan rings is 1. The molecule has 1 unspecified atom stereocenters. The van der Waals surface area contributed by atoms with E-state index in [1.807, 2.05) is 19.1 Å². The van der Waals surface area contributed by atoms with Gasteiger partial charge in [-0.1, -0.05) is 22.0 Å². The van der Waals surface area contributed by atoms with Gasteiger partial charge in [-0.2, -0.15) is 0 Å². The lowest BCUT2D eigenvalue weighted by atomic mass is 10.1. The average molecular weight is 323 g/mol. The first-order valence-electron chi connectivity index (χ1n) is 6.34. The first-order valence-corrected chi connectivity index (χ1v) is 7.13. The molecule has 1 aromatic heterocycles. The Kier molecular flexibility index (Phi) is 4.66. The highest BCUT2D eigenvalue weighted by atomic mass is 79.9. The summed E-state index contributed by atoms with van der Waals surface area (Å²) in [5.74, 6) is 0.957. The van der Waals surface area contributed by atoms with Crippen LogP contribution in [0.2, 0.25) is 0 Å². The number of rotatable bonds is 5.